The second-order valence-electron chi connectivity index (χ2n) is 7.65. The molecule has 1 aliphatic rings. The van der Waals surface area contributed by atoms with Gasteiger partial charge in [-0.25, -0.2) is 4.79 Å². The second kappa shape index (κ2) is 13.4. The molecule has 0 atom stereocenters. The van der Waals surface area contributed by atoms with Gasteiger partial charge in [0.15, 0.2) is 5.96 Å². The number of halogens is 1. The summed E-state index contributed by atoms with van der Waals surface area (Å²) >= 11 is 0. The van der Waals surface area contributed by atoms with E-state index in [1.165, 1.54) is 25.9 Å². The molecule has 0 aromatic carbocycles. The first kappa shape index (κ1) is 25.2. The van der Waals surface area contributed by atoms with Crippen LogP contribution >= 0.6 is 24.0 Å². The number of carbonyl (C=O) groups excluding carboxylic acids is 1. The number of nitrogens with one attached hydrogen (secondary N) is 3. The molecule has 3 N–H and O–H groups in total. The molecule has 26 heavy (non-hydrogen) atoms. The van der Waals surface area contributed by atoms with Gasteiger partial charge in [-0.05, 0) is 73.0 Å². The van der Waals surface area contributed by atoms with Crippen molar-refractivity contribution in [3.8, 4) is 0 Å². The second-order valence-corrected chi connectivity index (χ2v) is 7.65. The molecule has 0 aromatic heterocycles. The minimum atomic E-state index is -0.470. The lowest BCUT2D eigenvalue weighted by Gasteiger charge is -2.28. The number of aliphatic imine (C=N–C) groups is 1. The SMILES string of the molecule is CCNC(=NCCC1CCN(C)CC1)NCCNC(=O)OC(C)(C)C.I. The molecule has 1 rings (SSSR count). The molecule has 0 radical (unpaired) electrons. The maximum absolute atomic E-state index is 11.6. The Morgan fingerprint density at radius 2 is 1.77 bits per heavy atom. The van der Waals surface area contributed by atoms with Gasteiger partial charge in [0.25, 0.3) is 0 Å². The van der Waals surface area contributed by atoms with Crippen molar-refractivity contribution in [1.82, 2.24) is 20.9 Å². The Hall–Kier alpha value is -0.770. The van der Waals surface area contributed by atoms with E-state index >= 15 is 0 Å². The number of ether oxygens (including phenoxy) is 1. The fourth-order valence-electron chi connectivity index (χ4n) is 2.71. The summed E-state index contributed by atoms with van der Waals surface area (Å²) in [6, 6.07) is 0. The standard InChI is InChI=1S/C18H37N5O2.HI/c1-6-19-16(20-10-7-15-8-13-23(5)14-9-15)21-11-12-22-17(24)25-18(2,3)4;/h15H,6-14H2,1-5H3,(H,22,24)(H2,19,20,21);1H. The fourth-order valence-corrected chi connectivity index (χ4v) is 2.71. The van der Waals surface area contributed by atoms with Gasteiger partial charge in [0, 0.05) is 26.2 Å². The molecule has 1 aliphatic heterocycles. The molecular formula is C18H38IN5O2. The Balaban J connectivity index is 0.00000625. The van der Waals surface area contributed by atoms with Crippen molar-refractivity contribution in [2.75, 3.05) is 46.3 Å². The van der Waals surface area contributed by atoms with E-state index in [9.17, 15) is 4.79 Å². The van der Waals surface area contributed by atoms with Crippen LogP contribution in [0.3, 0.4) is 0 Å². The molecule has 1 amide bonds. The monoisotopic (exact) mass is 483 g/mol. The van der Waals surface area contributed by atoms with Gasteiger partial charge in [-0.1, -0.05) is 0 Å². The number of amides is 1. The van der Waals surface area contributed by atoms with Crippen LogP contribution in [-0.2, 0) is 4.74 Å². The third-order valence-corrected chi connectivity index (χ3v) is 4.08. The summed E-state index contributed by atoms with van der Waals surface area (Å²) in [6.45, 7) is 12.8. The molecule has 0 saturated carbocycles. The first-order valence-electron chi connectivity index (χ1n) is 9.47. The third kappa shape index (κ3) is 12.6. The molecule has 1 heterocycles. The maximum Gasteiger partial charge on any atom is 0.407 e. The number of alkyl carbamates (subject to hydrolysis) is 1. The van der Waals surface area contributed by atoms with Gasteiger partial charge < -0.3 is 25.6 Å². The quantitative estimate of drug-likeness (QED) is 0.225. The lowest BCUT2D eigenvalue weighted by Crippen LogP contribution is -2.42. The molecule has 0 aromatic rings. The fraction of sp³-hybridized carbons (Fsp3) is 0.889. The minimum Gasteiger partial charge on any atom is -0.444 e. The smallest absolute Gasteiger partial charge is 0.407 e. The highest BCUT2D eigenvalue weighted by atomic mass is 127. The van der Waals surface area contributed by atoms with Crippen molar-refractivity contribution in [3.05, 3.63) is 0 Å². The Morgan fingerprint density at radius 1 is 1.15 bits per heavy atom. The van der Waals surface area contributed by atoms with Crippen LogP contribution in [0.25, 0.3) is 0 Å². The highest BCUT2D eigenvalue weighted by molar-refractivity contribution is 14.0. The highest BCUT2D eigenvalue weighted by Crippen LogP contribution is 2.19. The van der Waals surface area contributed by atoms with Crippen LogP contribution in [0.1, 0.15) is 47.0 Å². The lowest BCUT2D eigenvalue weighted by molar-refractivity contribution is 0.0529. The Kier molecular flexibility index (Phi) is 13.0. The molecule has 1 saturated heterocycles. The Bertz CT molecular complexity index is 418. The summed E-state index contributed by atoms with van der Waals surface area (Å²) < 4.78 is 5.20. The van der Waals surface area contributed by atoms with Crippen molar-refractivity contribution < 1.29 is 9.53 Å². The van der Waals surface area contributed by atoms with E-state index in [0.717, 1.165) is 31.4 Å². The summed E-state index contributed by atoms with van der Waals surface area (Å²) in [5, 5.41) is 9.22. The van der Waals surface area contributed by atoms with Crippen molar-refractivity contribution in [2.24, 2.45) is 10.9 Å². The number of carbonyl (C=O) groups is 1. The van der Waals surface area contributed by atoms with Crippen LogP contribution in [0.2, 0.25) is 0 Å². The van der Waals surface area contributed by atoms with Crippen molar-refractivity contribution in [1.29, 1.82) is 0 Å². The molecule has 154 valence electrons. The van der Waals surface area contributed by atoms with Gasteiger partial charge in [-0.15, -0.1) is 24.0 Å². The normalized spacial score (nSPS) is 16.6. The van der Waals surface area contributed by atoms with E-state index in [-0.39, 0.29) is 24.0 Å². The summed E-state index contributed by atoms with van der Waals surface area (Å²) in [5.41, 5.74) is -0.470. The first-order valence-corrected chi connectivity index (χ1v) is 9.47. The average molecular weight is 483 g/mol. The van der Waals surface area contributed by atoms with Gasteiger partial charge in [-0.2, -0.15) is 0 Å². The van der Waals surface area contributed by atoms with Gasteiger partial charge in [0.2, 0.25) is 0 Å². The van der Waals surface area contributed by atoms with Gasteiger partial charge in [0.05, 0.1) is 0 Å². The first-order chi connectivity index (χ1) is 11.8. The minimum absolute atomic E-state index is 0. The summed E-state index contributed by atoms with van der Waals surface area (Å²) in [7, 11) is 2.19. The molecule has 0 aliphatic carbocycles. The van der Waals surface area contributed by atoms with Gasteiger partial charge in [-0.3, -0.25) is 4.99 Å². The average Bonchev–Trinajstić information content (AvgIpc) is 2.51. The van der Waals surface area contributed by atoms with Crippen LogP contribution in [0.4, 0.5) is 4.79 Å². The maximum atomic E-state index is 11.6. The van der Waals surface area contributed by atoms with E-state index in [1.54, 1.807) is 0 Å². The summed E-state index contributed by atoms with van der Waals surface area (Å²) in [5.74, 6) is 1.60. The largest absolute Gasteiger partial charge is 0.444 e. The zero-order chi connectivity index (χ0) is 18.7. The molecule has 0 bridgehead atoms. The zero-order valence-electron chi connectivity index (χ0n) is 17.1. The number of hydrogen-bond acceptors (Lipinski definition) is 4. The van der Waals surface area contributed by atoms with Crippen LogP contribution in [0.15, 0.2) is 4.99 Å². The van der Waals surface area contributed by atoms with Gasteiger partial charge >= 0.3 is 6.09 Å². The van der Waals surface area contributed by atoms with E-state index in [4.69, 9.17) is 4.74 Å². The predicted molar refractivity (Wildman–Crippen MR) is 118 cm³/mol. The van der Waals surface area contributed by atoms with E-state index in [2.05, 4.69) is 32.9 Å². The topological polar surface area (TPSA) is 78.0 Å². The molecular weight excluding hydrogens is 445 g/mol. The highest BCUT2D eigenvalue weighted by Gasteiger charge is 2.16. The van der Waals surface area contributed by atoms with Crippen LogP contribution in [-0.4, -0.2) is 68.9 Å². The van der Waals surface area contributed by atoms with Crippen molar-refractivity contribution in [3.63, 3.8) is 0 Å². The molecule has 1 fully saturated rings. The molecule has 0 spiro atoms. The van der Waals surface area contributed by atoms with Crippen molar-refractivity contribution >= 4 is 36.0 Å². The molecule has 7 nitrogen and oxygen atoms in total. The third-order valence-electron chi connectivity index (χ3n) is 4.08. The van der Waals surface area contributed by atoms with Gasteiger partial charge in [0.1, 0.15) is 5.60 Å². The Morgan fingerprint density at radius 3 is 2.35 bits per heavy atom. The van der Waals surface area contributed by atoms with Crippen LogP contribution in [0, 0.1) is 5.92 Å². The molecule has 0 unspecified atom stereocenters. The summed E-state index contributed by atoms with van der Waals surface area (Å²) in [6.07, 6.45) is 3.30. The lowest BCUT2D eigenvalue weighted by atomic mass is 9.94. The number of likely N-dealkylation sites (tertiary alicyclic amines) is 1. The van der Waals surface area contributed by atoms with Crippen LogP contribution in [0.5, 0.6) is 0 Å². The van der Waals surface area contributed by atoms with E-state index < -0.39 is 11.7 Å². The number of rotatable bonds is 7. The number of guanidine groups is 1. The number of piperidine rings is 1. The zero-order valence-corrected chi connectivity index (χ0v) is 19.4. The van der Waals surface area contributed by atoms with Crippen LogP contribution < -0.4 is 16.0 Å². The number of hydrogen-bond donors (Lipinski definition) is 3. The van der Waals surface area contributed by atoms with Crippen molar-refractivity contribution in [2.45, 2.75) is 52.6 Å². The number of nitrogens with zero attached hydrogens (tertiary/aromatic N) is 2. The Labute approximate surface area is 176 Å². The summed E-state index contributed by atoms with van der Waals surface area (Å²) in [4.78, 5) is 18.6. The van der Waals surface area contributed by atoms with E-state index in [0.29, 0.717) is 13.1 Å². The van der Waals surface area contributed by atoms with E-state index in [1.807, 2.05) is 27.7 Å². The predicted octanol–water partition coefficient (Wildman–Crippen LogP) is 2.42. The molecule has 8 heteroatoms.